The number of sulfonamides is 1. The SMILES string of the molecule is O=C(NCc1ccc(C(F)F)cn1)c1ccc2c(c1F)C1(CCS(=O)(=O)CC1)C(C1CC1)N2S(=O)(=O)c1ccc(F)cc1. The van der Waals surface area contributed by atoms with Gasteiger partial charge in [-0.25, -0.2) is 34.4 Å². The zero-order valence-electron chi connectivity index (χ0n) is 22.6. The van der Waals surface area contributed by atoms with Gasteiger partial charge in [-0.1, -0.05) is 0 Å². The lowest BCUT2D eigenvalue weighted by atomic mass is 9.70. The highest BCUT2D eigenvalue weighted by molar-refractivity contribution is 7.93. The van der Waals surface area contributed by atoms with E-state index in [9.17, 15) is 34.8 Å². The van der Waals surface area contributed by atoms with E-state index in [4.69, 9.17) is 0 Å². The second kappa shape index (κ2) is 10.6. The Hall–Kier alpha value is -3.52. The quantitative estimate of drug-likeness (QED) is 0.377. The molecule has 3 aromatic rings. The predicted molar refractivity (Wildman–Crippen MR) is 149 cm³/mol. The van der Waals surface area contributed by atoms with Crippen LogP contribution in [0.3, 0.4) is 0 Å². The van der Waals surface area contributed by atoms with Gasteiger partial charge in [0.2, 0.25) is 0 Å². The van der Waals surface area contributed by atoms with Crippen LogP contribution in [0.2, 0.25) is 0 Å². The molecule has 2 aromatic carbocycles. The number of anilines is 1. The highest BCUT2D eigenvalue weighted by Crippen LogP contribution is 2.60. The fourth-order valence-corrected chi connectivity index (χ4v) is 9.70. The van der Waals surface area contributed by atoms with Gasteiger partial charge in [0.1, 0.15) is 21.5 Å². The topological polar surface area (TPSA) is 114 Å². The zero-order valence-corrected chi connectivity index (χ0v) is 24.3. The third-order valence-corrected chi connectivity index (χ3v) is 12.1. The maximum atomic E-state index is 16.6. The minimum atomic E-state index is -4.34. The van der Waals surface area contributed by atoms with Crippen LogP contribution in [-0.2, 0) is 31.8 Å². The lowest BCUT2D eigenvalue weighted by Gasteiger charge is -2.41. The number of benzene rings is 2. The van der Waals surface area contributed by atoms with Gasteiger partial charge in [0.05, 0.1) is 45.9 Å². The van der Waals surface area contributed by atoms with Crippen molar-refractivity contribution in [3.05, 3.63) is 88.7 Å². The van der Waals surface area contributed by atoms with Crippen molar-refractivity contribution in [3.8, 4) is 0 Å². The van der Waals surface area contributed by atoms with Crippen molar-refractivity contribution in [1.82, 2.24) is 10.3 Å². The van der Waals surface area contributed by atoms with Gasteiger partial charge in [0.15, 0.2) is 0 Å². The Morgan fingerprint density at radius 3 is 2.28 bits per heavy atom. The maximum absolute atomic E-state index is 16.6. The van der Waals surface area contributed by atoms with E-state index in [0.717, 1.165) is 34.8 Å². The second-order valence-corrected chi connectivity index (χ2v) is 15.4. The number of rotatable bonds is 7. The van der Waals surface area contributed by atoms with Gasteiger partial charge >= 0.3 is 0 Å². The van der Waals surface area contributed by atoms with Crippen LogP contribution < -0.4 is 9.62 Å². The van der Waals surface area contributed by atoms with Gasteiger partial charge in [0, 0.05) is 22.7 Å². The minimum Gasteiger partial charge on any atom is -0.346 e. The standard InChI is InChI=1S/C29H27F4N3O5S2/c30-19-4-7-21(8-5-19)43(40,41)36-23-10-9-22(28(37)35-16-20-6-3-18(15-34-20)27(32)33)25(31)24(23)29(26(36)17-1-2-17)11-13-42(38,39)14-12-29/h3-10,15,17,26-27H,1-2,11-14,16H2,(H,35,37). The van der Waals surface area contributed by atoms with E-state index in [1.807, 2.05) is 0 Å². The van der Waals surface area contributed by atoms with Crippen molar-refractivity contribution >= 4 is 31.5 Å². The number of carbonyl (C=O) groups excluding carboxylic acids is 1. The number of nitrogens with one attached hydrogen (secondary N) is 1. The highest BCUT2D eigenvalue weighted by atomic mass is 32.2. The average molecular weight is 638 g/mol. The molecule has 1 N–H and O–H groups in total. The molecule has 0 radical (unpaired) electrons. The first kappa shape index (κ1) is 29.5. The van der Waals surface area contributed by atoms with Crippen molar-refractivity contribution in [1.29, 1.82) is 0 Å². The molecule has 6 rings (SSSR count). The molecule has 0 bridgehead atoms. The van der Waals surface area contributed by atoms with Crippen molar-refractivity contribution in [2.45, 2.75) is 55.0 Å². The molecule has 1 unspecified atom stereocenters. The van der Waals surface area contributed by atoms with Gasteiger partial charge < -0.3 is 5.32 Å². The molecule has 1 saturated carbocycles. The summed E-state index contributed by atoms with van der Waals surface area (Å²) in [6.07, 6.45) is -0.450. The molecule has 1 amide bonds. The number of hydrogen-bond acceptors (Lipinski definition) is 6. The molecule has 3 aliphatic rings. The maximum Gasteiger partial charge on any atom is 0.265 e. The molecule has 1 spiro atoms. The number of aromatic nitrogens is 1. The summed E-state index contributed by atoms with van der Waals surface area (Å²) in [7, 11) is -7.78. The van der Waals surface area contributed by atoms with Gasteiger partial charge in [0.25, 0.3) is 22.4 Å². The number of amides is 1. The first-order valence-electron chi connectivity index (χ1n) is 13.7. The molecule has 1 atom stereocenters. The van der Waals surface area contributed by atoms with E-state index >= 15 is 4.39 Å². The van der Waals surface area contributed by atoms with E-state index in [0.29, 0.717) is 12.8 Å². The molecule has 1 aliphatic carbocycles. The lowest BCUT2D eigenvalue weighted by Crippen LogP contribution is -2.52. The predicted octanol–water partition coefficient (Wildman–Crippen LogP) is 4.66. The molecule has 1 aromatic heterocycles. The molecule has 1 saturated heterocycles. The number of halogens is 4. The van der Waals surface area contributed by atoms with E-state index in [1.165, 1.54) is 24.3 Å². The first-order valence-corrected chi connectivity index (χ1v) is 16.9. The third kappa shape index (κ3) is 5.17. The highest BCUT2D eigenvalue weighted by Gasteiger charge is 2.62. The van der Waals surface area contributed by atoms with E-state index in [-0.39, 0.29) is 69.8 Å². The Labute approximate surface area is 246 Å². The lowest BCUT2D eigenvalue weighted by molar-refractivity contribution is 0.0945. The number of alkyl halides is 2. The smallest absolute Gasteiger partial charge is 0.265 e. The molecule has 2 fully saturated rings. The fraction of sp³-hybridized carbons (Fsp3) is 0.379. The van der Waals surface area contributed by atoms with Crippen LogP contribution >= 0.6 is 0 Å². The van der Waals surface area contributed by atoms with Crippen LogP contribution in [0.4, 0.5) is 23.2 Å². The van der Waals surface area contributed by atoms with Crippen LogP contribution in [0.1, 0.15) is 59.3 Å². The van der Waals surface area contributed by atoms with Crippen LogP contribution in [0.25, 0.3) is 0 Å². The Bertz CT molecular complexity index is 1780. The Morgan fingerprint density at radius 2 is 1.70 bits per heavy atom. The molecule has 43 heavy (non-hydrogen) atoms. The summed E-state index contributed by atoms with van der Waals surface area (Å²) in [6.45, 7) is -0.183. The van der Waals surface area contributed by atoms with Crippen molar-refractivity contribution < 1.29 is 39.2 Å². The van der Waals surface area contributed by atoms with E-state index in [2.05, 4.69) is 10.3 Å². The van der Waals surface area contributed by atoms with Crippen LogP contribution in [0.15, 0.2) is 59.6 Å². The number of fused-ring (bicyclic) bond motifs is 2. The summed E-state index contributed by atoms with van der Waals surface area (Å²) in [4.78, 5) is 16.9. The molecule has 14 heteroatoms. The average Bonchev–Trinajstić information content (AvgIpc) is 3.76. The van der Waals surface area contributed by atoms with Gasteiger partial charge in [-0.15, -0.1) is 0 Å². The van der Waals surface area contributed by atoms with Crippen molar-refractivity contribution in [2.75, 3.05) is 15.8 Å². The summed E-state index contributed by atoms with van der Waals surface area (Å²) in [5.74, 6) is -3.11. The van der Waals surface area contributed by atoms with Crippen LogP contribution in [0, 0.1) is 17.6 Å². The summed E-state index contributed by atoms with van der Waals surface area (Å²) in [6, 6.07) is 8.52. The number of nitrogens with zero attached hydrogens (tertiary/aromatic N) is 2. The van der Waals surface area contributed by atoms with Gasteiger partial charge in [-0.2, -0.15) is 0 Å². The van der Waals surface area contributed by atoms with Crippen LogP contribution in [0.5, 0.6) is 0 Å². The Kier molecular flexibility index (Phi) is 7.27. The molecule has 3 heterocycles. The second-order valence-electron chi connectivity index (χ2n) is 11.2. The van der Waals surface area contributed by atoms with Crippen molar-refractivity contribution in [3.63, 3.8) is 0 Å². The molecular formula is C29H27F4N3O5S2. The Balaban J connectivity index is 1.42. The number of hydrogen-bond donors (Lipinski definition) is 1. The fourth-order valence-electron chi connectivity index (χ4n) is 6.36. The molecular weight excluding hydrogens is 610 g/mol. The summed E-state index contributed by atoms with van der Waals surface area (Å²) < 4.78 is 110. The normalized spacial score (nSPS) is 20.8. The minimum absolute atomic E-state index is 0.0166. The number of pyridine rings is 1. The van der Waals surface area contributed by atoms with Gasteiger partial charge in [-0.3, -0.25) is 14.1 Å². The van der Waals surface area contributed by atoms with Crippen LogP contribution in [-0.4, -0.2) is 45.3 Å². The summed E-state index contributed by atoms with van der Waals surface area (Å²) in [5.41, 5.74) is -1.59. The zero-order chi connectivity index (χ0) is 30.7. The third-order valence-electron chi connectivity index (χ3n) is 8.61. The van der Waals surface area contributed by atoms with Crippen molar-refractivity contribution in [2.24, 2.45) is 5.92 Å². The molecule has 228 valence electrons. The first-order chi connectivity index (χ1) is 20.3. The van der Waals surface area contributed by atoms with E-state index < -0.39 is 55.3 Å². The summed E-state index contributed by atoms with van der Waals surface area (Å²) >= 11 is 0. The molecule has 8 nitrogen and oxygen atoms in total. The molecule has 2 aliphatic heterocycles. The van der Waals surface area contributed by atoms with E-state index in [1.54, 1.807) is 0 Å². The summed E-state index contributed by atoms with van der Waals surface area (Å²) in [5, 5.41) is 2.53. The largest absolute Gasteiger partial charge is 0.346 e. The van der Waals surface area contributed by atoms with Gasteiger partial charge in [-0.05, 0) is 80.1 Å². The Morgan fingerprint density at radius 1 is 1.02 bits per heavy atom. The number of sulfone groups is 1. The monoisotopic (exact) mass is 637 g/mol. The number of carbonyl (C=O) groups is 1.